The van der Waals surface area contributed by atoms with Crippen LogP contribution < -0.4 is 20.5 Å². The molecular formula is C26H32N6O6S. The number of nitrogen functional groups attached to an aromatic ring is 1. The average Bonchev–Trinajstić information content (AvgIpc) is 2.86. The van der Waals surface area contributed by atoms with E-state index in [-0.39, 0.29) is 35.5 Å². The number of benzene rings is 2. The van der Waals surface area contributed by atoms with Crippen molar-refractivity contribution in [2.24, 2.45) is 11.5 Å². The Kier molecular flexibility index (Phi) is 9.30. The molecule has 0 spiro atoms. The van der Waals surface area contributed by atoms with E-state index in [0.29, 0.717) is 42.9 Å². The van der Waals surface area contributed by atoms with Crippen molar-refractivity contribution < 1.29 is 26.9 Å². The van der Waals surface area contributed by atoms with Gasteiger partial charge in [0.2, 0.25) is 0 Å². The Morgan fingerprint density at radius 3 is 2.38 bits per heavy atom. The number of nitrogens with two attached hydrogens (primary N) is 2. The summed E-state index contributed by atoms with van der Waals surface area (Å²) in [5.74, 6) is -1.27. The van der Waals surface area contributed by atoms with Crippen molar-refractivity contribution in [3.05, 3.63) is 65.2 Å². The third-order valence-corrected chi connectivity index (χ3v) is 7.34. The van der Waals surface area contributed by atoms with Crippen LogP contribution in [0.3, 0.4) is 0 Å². The van der Waals surface area contributed by atoms with Gasteiger partial charge >= 0.3 is 16.3 Å². The summed E-state index contributed by atoms with van der Waals surface area (Å²) >= 11 is 0. The molecule has 0 radical (unpaired) electrons. The molecule has 0 unspecified atom stereocenters. The average molecular weight is 557 g/mol. The van der Waals surface area contributed by atoms with Gasteiger partial charge in [-0.15, -0.1) is 0 Å². The highest BCUT2D eigenvalue weighted by molar-refractivity contribution is 7.88. The van der Waals surface area contributed by atoms with E-state index in [4.69, 9.17) is 27.0 Å². The summed E-state index contributed by atoms with van der Waals surface area (Å²) in [6, 6.07) is 11.0. The second-order valence-electron chi connectivity index (χ2n) is 8.94. The molecule has 12 nitrogen and oxygen atoms in total. The van der Waals surface area contributed by atoms with E-state index < -0.39 is 22.2 Å². The van der Waals surface area contributed by atoms with Gasteiger partial charge in [0.15, 0.2) is 0 Å². The molecule has 1 amide bonds. The fourth-order valence-electron chi connectivity index (χ4n) is 4.07. The molecular weight excluding hydrogens is 524 g/mol. The zero-order chi connectivity index (χ0) is 28.7. The van der Waals surface area contributed by atoms with E-state index in [2.05, 4.69) is 4.18 Å². The quantitative estimate of drug-likeness (QED) is 0.253. The number of anilines is 1. The monoisotopic (exact) mass is 556 g/mol. The minimum Gasteiger partial charge on any atom is -0.489 e. The van der Waals surface area contributed by atoms with E-state index in [1.165, 1.54) is 24.3 Å². The first-order valence-electron chi connectivity index (χ1n) is 12.1. The number of hydrogen-bond donors (Lipinski definition) is 4. The van der Waals surface area contributed by atoms with E-state index in [1.807, 2.05) is 4.90 Å². The molecule has 0 atom stereocenters. The van der Waals surface area contributed by atoms with Crippen LogP contribution in [-0.2, 0) is 19.3 Å². The van der Waals surface area contributed by atoms with Gasteiger partial charge in [-0.25, -0.2) is 4.31 Å². The van der Waals surface area contributed by atoms with Gasteiger partial charge in [-0.05, 0) is 36.8 Å². The van der Waals surface area contributed by atoms with Crippen molar-refractivity contribution in [2.75, 3.05) is 23.9 Å². The topological polar surface area (TPSA) is 193 Å². The number of piperidine rings is 1. The third-order valence-electron chi connectivity index (χ3n) is 6.00. The summed E-state index contributed by atoms with van der Waals surface area (Å²) in [5, 5.41) is 15.3. The highest BCUT2D eigenvalue weighted by atomic mass is 32.2. The smallest absolute Gasteiger partial charge is 0.412 e. The van der Waals surface area contributed by atoms with Crippen molar-refractivity contribution in [2.45, 2.75) is 32.8 Å². The lowest BCUT2D eigenvalue weighted by Gasteiger charge is -2.33. The molecule has 1 aliphatic heterocycles. The number of amides is 1. The number of ether oxygens (including phenoxy) is 1. The van der Waals surface area contributed by atoms with Crippen molar-refractivity contribution in [1.29, 1.82) is 10.8 Å². The van der Waals surface area contributed by atoms with Crippen LogP contribution in [0.5, 0.6) is 5.75 Å². The normalized spacial score (nSPS) is 14.2. The lowest BCUT2D eigenvalue weighted by atomic mass is 10.1. The van der Waals surface area contributed by atoms with Crippen LogP contribution in [0.4, 0.5) is 5.69 Å². The number of nitrogens with zero attached hydrogens (tertiary/aromatic N) is 2. The lowest BCUT2D eigenvalue weighted by Crippen LogP contribution is -2.40. The molecule has 2 aromatic carbocycles. The highest BCUT2D eigenvalue weighted by Crippen LogP contribution is 2.29. The molecule has 39 heavy (non-hydrogen) atoms. The number of hydrogen-bond acceptors (Lipinski definition) is 8. The maximum Gasteiger partial charge on any atom is 0.412 e. The Morgan fingerprint density at radius 1 is 1.10 bits per heavy atom. The van der Waals surface area contributed by atoms with Crippen molar-refractivity contribution in [3.8, 4) is 5.75 Å². The van der Waals surface area contributed by atoms with E-state index in [9.17, 15) is 18.0 Å². The highest BCUT2D eigenvalue weighted by Gasteiger charge is 2.28. The van der Waals surface area contributed by atoms with Crippen LogP contribution in [0, 0.1) is 10.8 Å². The molecule has 0 bridgehead atoms. The molecule has 1 heterocycles. The molecule has 0 aromatic heterocycles. The molecule has 0 aliphatic carbocycles. The number of amidine groups is 2. The molecule has 6 N–H and O–H groups in total. The maximum absolute atomic E-state index is 12.9. The summed E-state index contributed by atoms with van der Waals surface area (Å²) in [4.78, 5) is 25.8. The van der Waals surface area contributed by atoms with Gasteiger partial charge in [0.25, 0.3) is 5.91 Å². The zero-order valence-corrected chi connectivity index (χ0v) is 22.5. The van der Waals surface area contributed by atoms with Gasteiger partial charge in [-0.3, -0.25) is 20.4 Å². The number of rotatable bonds is 10. The van der Waals surface area contributed by atoms with Gasteiger partial charge < -0.3 is 25.3 Å². The van der Waals surface area contributed by atoms with Gasteiger partial charge in [-0.2, -0.15) is 8.42 Å². The standard InChI is InChI=1S/C26H32N6O6S/c1-17(27)31-13-10-22(11-14-31)37-24-9-8-21(16-23(24)26(30)34)32(39(35,36)38-18(2)33)12-4-6-19-5-3-7-20(15-19)25(28)29/h3-9,15-16,22,27H,10-14H2,1-2H3,(H3,28,29)(H2,30,34)/b6-4+,27-17?. The van der Waals surface area contributed by atoms with Crippen LogP contribution in [0.2, 0.25) is 0 Å². The van der Waals surface area contributed by atoms with Crippen LogP contribution in [0.15, 0.2) is 48.5 Å². The van der Waals surface area contributed by atoms with Crippen LogP contribution >= 0.6 is 0 Å². The Bertz CT molecular complexity index is 1400. The number of carbonyl (C=O) groups excluding carboxylic acids is 2. The van der Waals surface area contributed by atoms with Crippen molar-refractivity contribution >= 4 is 45.6 Å². The predicted molar refractivity (Wildman–Crippen MR) is 148 cm³/mol. The van der Waals surface area contributed by atoms with Gasteiger partial charge in [0.1, 0.15) is 17.7 Å². The number of nitrogens with one attached hydrogen (secondary N) is 2. The van der Waals surface area contributed by atoms with E-state index in [1.54, 1.807) is 37.3 Å². The summed E-state index contributed by atoms with van der Waals surface area (Å²) in [5.41, 5.74) is 12.3. The van der Waals surface area contributed by atoms with Gasteiger partial charge in [0, 0.05) is 38.4 Å². The van der Waals surface area contributed by atoms with Crippen LogP contribution in [0.1, 0.15) is 48.2 Å². The molecule has 208 valence electrons. The first-order chi connectivity index (χ1) is 18.4. The predicted octanol–water partition coefficient (Wildman–Crippen LogP) is 2.24. The minimum atomic E-state index is -4.59. The van der Waals surface area contributed by atoms with Crippen LogP contribution in [0.25, 0.3) is 6.08 Å². The Morgan fingerprint density at radius 2 is 1.79 bits per heavy atom. The van der Waals surface area contributed by atoms with Crippen molar-refractivity contribution in [1.82, 2.24) is 4.90 Å². The second kappa shape index (κ2) is 12.4. The molecule has 13 heteroatoms. The Balaban J connectivity index is 1.89. The molecule has 1 saturated heterocycles. The van der Waals surface area contributed by atoms with E-state index in [0.717, 1.165) is 11.2 Å². The first-order valence-corrected chi connectivity index (χ1v) is 13.5. The zero-order valence-electron chi connectivity index (χ0n) is 21.7. The summed E-state index contributed by atoms with van der Waals surface area (Å²) in [6.45, 7) is 3.72. The summed E-state index contributed by atoms with van der Waals surface area (Å²) in [6.07, 6.45) is 4.21. The molecule has 3 rings (SSSR count). The number of likely N-dealkylation sites (tertiary alicyclic amines) is 1. The second-order valence-corrected chi connectivity index (χ2v) is 10.4. The summed E-state index contributed by atoms with van der Waals surface area (Å²) < 4.78 is 37.3. The van der Waals surface area contributed by atoms with Crippen LogP contribution in [-0.4, -0.2) is 62.6 Å². The Hall–Kier alpha value is -4.39. The lowest BCUT2D eigenvalue weighted by molar-refractivity contribution is -0.131. The molecule has 1 aliphatic rings. The minimum absolute atomic E-state index is 0.0284. The molecule has 0 saturated carbocycles. The maximum atomic E-state index is 12.9. The van der Waals surface area contributed by atoms with Gasteiger partial charge in [0.05, 0.1) is 23.6 Å². The van der Waals surface area contributed by atoms with Gasteiger partial charge in [-0.1, -0.05) is 30.4 Å². The number of primary amides is 1. The summed E-state index contributed by atoms with van der Waals surface area (Å²) in [7, 11) is -4.59. The molecule has 1 fully saturated rings. The largest absolute Gasteiger partial charge is 0.489 e. The van der Waals surface area contributed by atoms with Crippen molar-refractivity contribution in [3.63, 3.8) is 0 Å². The fourth-order valence-corrected chi connectivity index (χ4v) is 5.10. The first kappa shape index (κ1) is 29.2. The number of carbonyl (C=O) groups is 2. The third kappa shape index (κ3) is 7.80. The van der Waals surface area contributed by atoms with E-state index >= 15 is 0 Å². The Labute approximate surface area is 227 Å². The molecule has 2 aromatic rings. The fraction of sp³-hybridized carbons (Fsp3) is 0.308. The SMILES string of the molecule is CC(=N)N1CCC(Oc2ccc(N(C/C=C/c3cccc(C(=N)N)c3)S(=O)(=O)OC(C)=O)cc2C(N)=O)CC1.